The van der Waals surface area contributed by atoms with E-state index in [1.165, 1.54) is 0 Å². The van der Waals surface area contributed by atoms with Gasteiger partial charge in [0.25, 0.3) is 0 Å². The number of hydrogen-bond donors (Lipinski definition) is 2. The highest BCUT2D eigenvalue weighted by Gasteiger charge is 2.09. The van der Waals surface area contributed by atoms with Crippen LogP contribution in [0.15, 0.2) is 33.5 Å². The average Bonchev–Trinajstić information content (AvgIpc) is 2.98. The van der Waals surface area contributed by atoms with Crippen molar-refractivity contribution in [2.45, 2.75) is 20.0 Å². The van der Waals surface area contributed by atoms with Crippen molar-refractivity contribution < 1.29 is 4.42 Å². The Hall–Kier alpha value is -2.34. The lowest BCUT2D eigenvalue weighted by Gasteiger charge is -1.99. The number of aryl methyl sites for hydroxylation is 1. The van der Waals surface area contributed by atoms with Gasteiger partial charge in [-0.1, -0.05) is 6.07 Å². The first-order valence-corrected chi connectivity index (χ1v) is 6.11. The van der Waals surface area contributed by atoms with Gasteiger partial charge in [-0.2, -0.15) is 5.10 Å². The molecule has 0 fully saturated rings. The van der Waals surface area contributed by atoms with Gasteiger partial charge in [0.2, 0.25) is 0 Å². The summed E-state index contributed by atoms with van der Waals surface area (Å²) < 4.78 is 6.92. The predicted octanol–water partition coefficient (Wildman–Crippen LogP) is 1.46. The van der Waals surface area contributed by atoms with Crippen molar-refractivity contribution in [2.24, 2.45) is 5.73 Å². The van der Waals surface area contributed by atoms with Crippen LogP contribution in [0.5, 0.6) is 0 Å². The summed E-state index contributed by atoms with van der Waals surface area (Å²) in [6.07, 6.45) is 0. The standard InChI is InChI=1S/C13H14N4O2/c1-2-17-9(7-14)6-11(16-17)8-3-4-10-12(5-8)19-13(18)15-10/h3-6H,2,7,14H2,1H3,(H,15,18). The number of oxazole rings is 1. The number of hydrogen-bond acceptors (Lipinski definition) is 4. The van der Waals surface area contributed by atoms with Crippen LogP contribution in [0.25, 0.3) is 22.4 Å². The van der Waals surface area contributed by atoms with Crippen LogP contribution in [0, 0.1) is 0 Å². The molecule has 1 aromatic carbocycles. The lowest BCUT2D eigenvalue weighted by Crippen LogP contribution is -2.06. The predicted molar refractivity (Wildman–Crippen MR) is 71.6 cm³/mol. The number of benzene rings is 1. The van der Waals surface area contributed by atoms with E-state index in [1.807, 2.05) is 29.8 Å². The van der Waals surface area contributed by atoms with Crippen molar-refractivity contribution >= 4 is 11.1 Å². The monoisotopic (exact) mass is 258 g/mol. The molecule has 98 valence electrons. The molecule has 0 amide bonds. The molecule has 2 heterocycles. The minimum atomic E-state index is -0.450. The summed E-state index contributed by atoms with van der Waals surface area (Å²) in [7, 11) is 0. The van der Waals surface area contributed by atoms with Gasteiger partial charge in [-0.25, -0.2) is 4.79 Å². The van der Waals surface area contributed by atoms with Gasteiger partial charge in [0.15, 0.2) is 5.58 Å². The molecule has 19 heavy (non-hydrogen) atoms. The van der Waals surface area contributed by atoms with E-state index in [-0.39, 0.29) is 0 Å². The quantitative estimate of drug-likeness (QED) is 0.744. The first-order chi connectivity index (χ1) is 9.21. The van der Waals surface area contributed by atoms with E-state index < -0.39 is 5.76 Å². The number of nitrogens with zero attached hydrogens (tertiary/aromatic N) is 2. The lowest BCUT2D eigenvalue weighted by atomic mass is 10.1. The van der Waals surface area contributed by atoms with Crippen LogP contribution in [-0.4, -0.2) is 14.8 Å². The number of H-pyrrole nitrogens is 1. The van der Waals surface area contributed by atoms with Crippen molar-refractivity contribution in [3.05, 3.63) is 40.5 Å². The van der Waals surface area contributed by atoms with Crippen LogP contribution >= 0.6 is 0 Å². The molecule has 3 rings (SSSR count). The number of nitrogens with one attached hydrogen (secondary N) is 1. The second-order valence-electron chi connectivity index (χ2n) is 4.27. The third-order valence-corrected chi connectivity index (χ3v) is 3.09. The summed E-state index contributed by atoms with van der Waals surface area (Å²) in [4.78, 5) is 13.7. The molecule has 0 radical (unpaired) electrons. The highest BCUT2D eigenvalue weighted by molar-refractivity contribution is 5.78. The van der Waals surface area contributed by atoms with Gasteiger partial charge in [0.05, 0.1) is 16.9 Å². The maximum Gasteiger partial charge on any atom is 0.417 e. The zero-order chi connectivity index (χ0) is 13.4. The fourth-order valence-corrected chi connectivity index (χ4v) is 2.14. The minimum Gasteiger partial charge on any atom is -0.408 e. The van der Waals surface area contributed by atoms with Crippen molar-refractivity contribution in [1.29, 1.82) is 0 Å². The maximum absolute atomic E-state index is 11.1. The Morgan fingerprint density at radius 3 is 2.95 bits per heavy atom. The Morgan fingerprint density at radius 1 is 1.42 bits per heavy atom. The van der Waals surface area contributed by atoms with Crippen LogP contribution in [0.4, 0.5) is 0 Å². The smallest absolute Gasteiger partial charge is 0.408 e. The summed E-state index contributed by atoms with van der Waals surface area (Å²) in [6.45, 7) is 3.24. The zero-order valence-electron chi connectivity index (χ0n) is 10.5. The van der Waals surface area contributed by atoms with Crippen molar-refractivity contribution in [1.82, 2.24) is 14.8 Å². The van der Waals surface area contributed by atoms with Crippen molar-refractivity contribution in [2.75, 3.05) is 0 Å². The molecule has 0 aliphatic rings. The second-order valence-corrected chi connectivity index (χ2v) is 4.27. The molecule has 0 spiro atoms. The van der Waals surface area contributed by atoms with Crippen LogP contribution in [0.1, 0.15) is 12.6 Å². The average molecular weight is 258 g/mol. The fourth-order valence-electron chi connectivity index (χ4n) is 2.14. The Bertz CT molecular complexity index is 760. The third kappa shape index (κ3) is 1.96. The molecule has 6 heteroatoms. The molecule has 6 nitrogen and oxygen atoms in total. The summed E-state index contributed by atoms with van der Waals surface area (Å²) >= 11 is 0. The fraction of sp³-hybridized carbons (Fsp3) is 0.231. The summed E-state index contributed by atoms with van der Waals surface area (Å²) in [5, 5.41) is 4.49. The Kier molecular flexibility index (Phi) is 2.72. The minimum absolute atomic E-state index is 0.447. The summed E-state index contributed by atoms with van der Waals surface area (Å²) in [6, 6.07) is 7.46. The van der Waals surface area contributed by atoms with Gasteiger partial charge in [-0.15, -0.1) is 0 Å². The summed E-state index contributed by atoms with van der Waals surface area (Å²) in [5.74, 6) is -0.450. The van der Waals surface area contributed by atoms with E-state index >= 15 is 0 Å². The largest absolute Gasteiger partial charge is 0.417 e. The van der Waals surface area contributed by atoms with Gasteiger partial charge in [0, 0.05) is 18.7 Å². The SMILES string of the molecule is CCn1nc(-c2ccc3[nH]c(=O)oc3c2)cc1CN. The maximum atomic E-state index is 11.1. The first-order valence-electron chi connectivity index (χ1n) is 6.11. The Morgan fingerprint density at radius 2 is 2.26 bits per heavy atom. The molecule has 0 saturated carbocycles. The van der Waals surface area contributed by atoms with Gasteiger partial charge < -0.3 is 10.2 Å². The molecule has 0 bridgehead atoms. The Balaban J connectivity index is 2.12. The molecular weight excluding hydrogens is 244 g/mol. The molecule has 0 aliphatic heterocycles. The molecular formula is C13H14N4O2. The van der Waals surface area contributed by atoms with Crippen LogP contribution in [-0.2, 0) is 13.1 Å². The van der Waals surface area contributed by atoms with E-state index in [9.17, 15) is 4.79 Å². The van der Waals surface area contributed by atoms with Crippen molar-refractivity contribution in [3.63, 3.8) is 0 Å². The lowest BCUT2D eigenvalue weighted by molar-refractivity contribution is 0.555. The third-order valence-electron chi connectivity index (χ3n) is 3.09. The van der Waals surface area contributed by atoms with Crippen LogP contribution < -0.4 is 11.5 Å². The van der Waals surface area contributed by atoms with Crippen molar-refractivity contribution in [3.8, 4) is 11.3 Å². The van der Waals surface area contributed by atoms with Crippen LogP contribution in [0.2, 0.25) is 0 Å². The van der Waals surface area contributed by atoms with E-state index in [0.29, 0.717) is 17.6 Å². The topological polar surface area (TPSA) is 89.8 Å². The van der Waals surface area contributed by atoms with Gasteiger partial charge in [-0.3, -0.25) is 9.67 Å². The van der Waals surface area contributed by atoms with Gasteiger partial charge in [0.1, 0.15) is 0 Å². The molecule has 0 aliphatic carbocycles. The molecule has 2 aromatic heterocycles. The number of aromatic amines is 1. The van der Waals surface area contributed by atoms with E-state index in [2.05, 4.69) is 10.1 Å². The first kappa shape index (κ1) is 11.7. The van der Waals surface area contributed by atoms with Crippen LogP contribution in [0.3, 0.4) is 0 Å². The molecule has 3 aromatic rings. The molecule has 0 saturated heterocycles. The number of fused-ring (bicyclic) bond motifs is 1. The molecule has 3 N–H and O–H groups in total. The van der Waals surface area contributed by atoms with Gasteiger partial charge in [-0.05, 0) is 25.1 Å². The Labute approximate surface area is 108 Å². The second kappa shape index (κ2) is 4.40. The highest BCUT2D eigenvalue weighted by Crippen LogP contribution is 2.23. The highest BCUT2D eigenvalue weighted by atomic mass is 16.4. The molecule has 0 atom stereocenters. The van der Waals surface area contributed by atoms with E-state index in [4.69, 9.17) is 10.2 Å². The molecule has 0 unspecified atom stereocenters. The number of aromatic nitrogens is 3. The zero-order valence-corrected chi connectivity index (χ0v) is 10.5. The van der Waals surface area contributed by atoms with E-state index in [1.54, 1.807) is 6.07 Å². The number of rotatable bonds is 3. The summed E-state index contributed by atoms with van der Waals surface area (Å²) in [5.41, 5.74) is 9.61. The number of nitrogens with two attached hydrogens (primary N) is 1. The van der Waals surface area contributed by atoms with E-state index in [0.717, 1.165) is 23.5 Å². The van der Waals surface area contributed by atoms with Gasteiger partial charge >= 0.3 is 5.76 Å². The normalized spacial score (nSPS) is 11.3.